The number of amides is 1. The van der Waals surface area contributed by atoms with Crippen LogP contribution in [0.3, 0.4) is 0 Å². The Bertz CT molecular complexity index is 701. The van der Waals surface area contributed by atoms with Crippen molar-refractivity contribution in [2.75, 3.05) is 31.6 Å². The van der Waals surface area contributed by atoms with Crippen LogP contribution in [0, 0.1) is 11.8 Å². The van der Waals surface area contributed by atoms with E-state index in [9.17, 15) is 4.79 Å². The number of rotatable bonds is 1. The van der Waals surface area contributed by atoms with Gasteiger partial charge in [-0.2, -0.15) is 0 Å². The van der Waals surface area contributed by atoms with Gasteiger partial charge in [0.2, 0.25) is 5.91 Å². The largest absolute Gasteiger partial charge is 0.354 e. The fourth-order valence-corrected chi connectivity index (χ4v) is 3.48. The molecule has 2 aliphatic rings. The molecule has 0 N–H and O–H groups in total. The quantitative estimate of drug-likeness (QED) is 0.796. The Morgan fingerprint density at radius 3 is 2.86 bits per heavy atom. The van der Waals surface area contributed by atoms with Gasteiger partial charge in [0.15, 0.2) is 0 Å². The van der Waals surface area contributed by atoms with Crippen LogP contribution < -0.4 is 4.90 Å². The fraction of sp³-hybridized carbons (Fsp3) is 0.438. The Hall–Kier alpha value is -2.17. The summed E-state index contributed by atoms with van der Waals surface area (Å²) in [5.74, 6) is 1.75. The summed E-state index contributed by atoms with van der Waals surface area (Å²) in [7, 11) is 1.90. The molecule has 108 valence electrons. The highest BCUT2D eigenvalue weighted by atomic mass is 16.2. The van der Waals surface area contributed by atoms with E-state index in [0.717, 1.165) is 42.9 Å². The van der Waals surface area contributed by atoms with Crippen molar-refractivity contribution in [1.82, 2.24) is 14.9 Å². The Labute approximate surface area is 123 Å². The van der Waals surface area contributed by atoms with Crippen LogP contribution in [0.5, 0.6) is 0 Å². The minimum absolute atomic E-state index is 0.122. The van der Waals surface area contributed by atoms with Crippen molar-refractivity contribution in [3.63, 3.8) is 0 Å². The molecule has 21 heavy (non-hydrogen) atoms. The molecule has 0 saturated carbocycles. The molecular weight excluding hydrogens is 264 g/mol. The highest BCUT2D eigenvalue weighted by molar-refractivity contribution is 5.81. The summed E-state index contributed by atoms with van der Waals surface area (Å²) in [5.41, 5.74) is 1.82. The Balaban J connectivity index is 1.63. The highest BCUT2D eigenvalue weighted by Crippen LogP contribution is 2.33. The van der Waals surface area contributed by atoms with Crippen LogP contribution in [-0.4, -0.2) is 47.5 Å². The van der Waals surface area contributed by atoms with Gasteiger partial charge in [-0.1, -0.05) is 12.1 Å². The smallest absolute Gasteiger partial charge is 0.227 e. The van der Waals surface area contributed by atoms with E-state index < -0.39 is 0 Å². The van der Waals surface area contributed by atoms with Crippen molar-refractivity contribution in [1.29, 1.82) is 0 Å². The van der Waals surface area contributed by atoms with Crippen LogP contribution in [0.15, 0.2) is 30.5 Å². The first-order valence-corrected chi connectivity index (χ1v) is 7.44. The first-order chi connectivity index (χ1) is 10.2. The van der Waals surface area contributed by atoms with Crippen LogP contribution in [0.25, 0.3) is 11.0 Å². The molecule has 2 aromatic rings. The third-order valence-corrected chi connectivity index (χ3v) is 4.73. The molecule has 3 heterocycles. The van der Waals surface area contributed by atoms with E-state index in [1.54, 1.807) is 0 Å². The standard InChI is InChI=1S/C16H18N4O/c1-19-7-6-11-9-20(10-12(11)16(19)21)15-8-17-13-4-2-3-5-14(13)18-15/h2-5,8,11-12H,6-7,9-10H2,1H3/t11-,12+/m1/s1. The van der Waals surface area contributed by atoms with E-state index in [2.05, 4.69) is 9.88 Å². The number of hydrogen-bond acceptors (Lipinski definition) is 4. The molecule has 1 aromatic heterocycles. The predicted molar refractivity (Wildman–Crippen MR) is 81.0 cm³/mol. The van der Waals surface area contributed by atoms with Crippen molar-refractivity contribution in [3.05, 3.63) is 30.5 Å². The number of carbonyl (C=O) groups is 1. The normalized spacial score (nSPS) is 25.5. The molecule has 0 bridgehead atoms. The van der Waals surface area contributed by atoms with E-state index in [1.165, 1.54) is 0 Å². The third-order valence-electron chi connectivity index (χ3n) is 4.73. The zero-order valence-electron chi connectivity index (χ0n) is 12.1. The number of fused-ring (bicyclic) bond motifs is 2. The molecule has 0 spiro atoms. The monoisotopic (exact) mass is 282 g/mol. The van der Waals surface area contributed by atoms with Crippen molar-refractivity contribution in [2.24, 2.45) is 11.8 Å². The lowest BCUT2D eigenvalue weighted by molar-refractivity contribution is -0.137. The minimum Gasteiger partial charge on any atom is -0.354 e. The summed E-state index contributed by atoms with van der Waals surface area (Å²) in [5, 5.41) is 0. The lowest BCUT2D eigenvalue weighted by Gasteiger charge is -2.30. The van der Waals surface area contributed by atoms with Gasteiger partial charge in [0.25, 0.3) is 0 Å². The van der Waals surface area contributed by atoms with Gasteiger partial charge in [0.1, 0.15) is 5.82 Å². The Morgan fingerprint density at radius 1 is 1.19 bits per heavy atom. The third kappa shape index (κ3) is 2.04. The maximum atomic E-state index is 12.3. The van der Waals surface area contributed by atoms with E-state index >= 15 is 0 Å². The van der Waals surface area contributed by atoms with Crippen molar-refractivity contribution < 1.29 is 4.79 Å². The van der Waals surface area contributed by atoms with Crippen molar-refractivity contribution in [2.45, 2.75) is 6.42 Å². The number of nitrogens with zero attached hydrogens (tertiary/aromatic N) is 4. The van der Waals surface area contributed by atoms with Gasteiger partial charge in [0.05, 0.1) is 23.1 Å². The molecule has 2 atom stereocenters. The molecule has 0 aliphatic carbocycles. The predicted octanol–water partition coefficient (Wildman–Crippen LogP) is 1.54. The number of para-hydroxylation sites is 2. The van der Waals surface area contributed by atoms with Gasteiger partial charge in [-0.3, -0.25) is 9.78 Å². The van der Waals surface area contributed by atoms with Crippen LogP contribution >= 0.6 is 0 Å². The van der Waals surface area contributed by atoms with Gasteiger partial charge in [-0.05, 0) is 24.5 Å². The summed E-state index contributed by atoms with van der Waals surface area (Å²) in [4.78, 5) is 25.5. The van der Waals surface area contributed by atoms with Crippen LogP contribution in [0.4, 0.5) is 5.82 Å². The summed E-state index contributed by atoms with van der Waals surface area (Å²) in [6, 6.07) is 7.89. The molecule has 0 unspecified atom stereocenters. The highest BCUT2D eigenvalue weighted by Gasteiger charge is 2.42. The second-order valence-corrected chi connectivity index (χ2v) is 6.04. The molecule has 4 rings (SSSR count). The molecule has 2 fully saturated rings. The summed E-state index contributed by atoms with van der Waals surface area (Å²) >= 11 is 0. The maximum absolute atomic E-state index is 12.3. The molecule has 0 radical (unpaired) electrons. The average molecular weight is 282 g/mol. The summed E-state index contributed by atoms with van der Waals surface area (Å²) < 4.78 is 0. The molecule has 5 nitrogen and oxygen atoms in total. The number of hydrogen-bond donors (Lipinski definition) is 0. The van der Waals surface area contributed by atoms with E-state index in [1.807, 2.05) is 42.4 Å². The van der Waals surface area contributed by atoms with Gasteiger partial charge >= 0.3 is 0 Å². The fourth-order valence-electron chi connectivity index (χ4n) is 3.48. The van der Waals surface area contributed by atoms with Crippen molar-refractivity contribution in [3.8, 4) is 0 Å². The Morgan fingerprint density at radius 2 is 2.00 bits per heavy atom. The number of benzene rings is 1. The van der Waals surface area contributed by atoms with E-state index in [0.29, 0.717) is 5.92 Å². The first kappa shape index (κ1) is 12.6. The molecule has 1 amide bonds. The topological polar surface area (TPSA) is 49.3 Å². The lowest BCUT2D eigenvalue weighted by atomic mass is 9.88. The van der Waals surface area contributed by atoms with Gasteiger partial charge in [-0.25, -0.2) is 4.98 Å². The molecule has 1 aromatic carbocycles. The molecular formula is C16H18N4O. The zero-order chi connectivity index (χ0) is 14.4. The zero-order valence-corrected chi connectivity index (χ0v) is 12.1. The molecule has 2 saturated heterocycles. The van der Waals surface area contributed by atoms with Crippen LogP contribution in [0.2, 0.25) is 0 Å². The van der Waals surface area contributed by atoms with Gasteiger partial charge in [0, 0.05) is 26.7 Å². The number of piperidine rings is 1. The number of anilines is 1. The molecule has 5 heteroatoms. The minimum atomic E-state index is 0.122. The lowest BCUT2D eigenvalue weighted by Crippen LogP contribution is -2.42. The molecule has 2 aliphatic heterocycles. The first-order valence-electron chi connectivity index (χ1n) is 7.44. The SMILES string of the molecule is CN1CC[C@@H]2CN(c3cnc4ccccc4n3)C[C@@H]2C1=O. The van der Waals surface area contributed by atoms with E-state index in [4.69, 9.17) is 4.98 Å². The van der Waals surface area contributed by atoms with Crippen molar-refractivity contribution >= 4 is 22.8 Å². The summed E-state index contributed by atoms with van der Waals surface area (Å²) in [6.45, 7) is 2.55. The van der Waals surface area contributed by atoms with Gasteiger partial charge < -0.3 is 9.80 Å². The van der Waals surface area contributed by atoms with Crippen LogP contribution in [-0.2, 0) is 4.79 Å². The summed E-state index contributed by atoms with van der Waals surface area (Å²) in [6.07, 6.45) is 2.91. The Kier molecular flexibility index (Phi) is 2.80. The average Bonchev–Trinajstić information content (AvgIpc) is 2.95. The number of aromatic nitrogens is 2. The second kappa shape index (κ2) is 4.69. The number of carbonyl (C=O) groups excluding carboxylic acids is 1. The number of likely N-dealkylation sites (tertiary alicyclic amines) is 1. The maximum Gasteiger partial charge on any atom is 0.227 e. The van der Waals surface area contributed by atoms with Crippen LogP contribution in [0.1, 0.15) is 6.42 Å². The van der Waals surface area contributed by atoms with Gasteiger partial charge in [-0.15, -0.1) is 0 Å². The second-order valence-electron chi connectivity index (χ2n) is 6.04. The van der Waals surface area contributed by atoms with E-state index in [-0.39, 0.29) is 11.8 Å².